The van der Waals surface area contributed by atoms with Gasteiger partial charge in [0.2, 0.25) is 0 Å². The molecule has 0 radical (unpaired) electrons. The van der Waals surface area contributed by atoms with Gasteiger partial charge in [0.1, 0.15) is 23.9 Å². The lowest BCUT2D eigenvalue weighted by Crippen LogP contribution is -2.50. The Bertz CT molecular complexity index is 196. The highest BCUT2D eigenvalue weighted by Crippen LogP contribution is 2.11. The molecule has 0 heterocycles. The van der Waals surface area contributed by atoms with Gasteiger partial charge in [-0.25, -0.2) is 0 Å². The van der Waals surface area contributed by atoms with Crippen LogP contribution >= 0.6 is 0 Å². The van der Waals surface area contributed by atoms with Crippen molar-refractivity contribution < 1.29 is 30.3 Å². The Kier molecular flexibility index (Phi) is 4.63. The molecule has 0 aliphatic heterocycles. The topological polar surface area (TPSA) is 118 Å². The number of aliphatic hydroxyl groups excluding tert-OH is 4. The maximum Gasteiger partial charge on any atom is 0.194 e. The molecule has 6 nitrogen and oxygen atoms in total. The number of aliphatic hydroxyl groups is 5. The van der Waals surface area contributed by atoms with Gasteiger partial charge in [-0.2, -0.15) is 0 Å². The zero-order valence-corrected chi connectivity index (χ0v) is 8.08. The van der Waals surface area contributed by atoms with E-state index in [4.69, 9.17) is 15.3 Å². The van der Waals surface area contributed by atoms with E-state index in [1.165, 1.54) is 0 Å². The van der Waals surface area contributed by atoms with Crippen molar-refractivity contribution in [2.45, 2.75) is 37.8 Å². The third-order valence-electron chi connectivity index (χ3n) is 1.78. The summed E-state index contributed by atoms with van der Waals surface area (Å²) in [5, 5.41) is 44.9. The van der Waals surface area contributed by atoms with E-state index in [2.05, 4.69) is 0 Å². The van der Waals surface area contributed by atoms with E-state index in [1.807, 2.05) is 0 Å². The fourth-order valence-electron chi connectivity index (χ4n) is 0.835. The van der Waals surface area contributed by atoms with Crippen molar-refractivity contribution in [2.24, 2.45) is 0 Å². The number of hydrogen-bond acceptors (Lipinski definition) is 6. The third-order valence-corrected chi connectivity index (χ3v) is 1.78. The minimum atomic E-state index is -1.92. The van der Waals surface area contributed by atoms with Gasteiger partial charge in [-0.05, 0) is 13.8 Å². The molecule has 6 heteroatoms. The normalized spacial score (nSPS) is 18.8. The van der Waals surface area contributed by atoms with E-state index < -0.39 is 36.3 Å². The lowest BCUT2D eigenvalue weighted by molar-refractivity contribution is -0.155. The van der Waals surface area contributed by atoms with Crippen LogP contribution in [0.2, 0.25) is 0 Å². The summed E-state index contributed by atoms with van der Waals surface area (Å²) in [6, 6.07) is 0. The number of Topliss-reactive ketones (excluding diaryl/α,β-unsaturated/α-hetero) is 1. The molecule has 0 amide bonds. The van der Waals surface area contributed by atoms with Gasteiger partial charge in [0.25, 0.3) is 0 Å². The third kappa shape index (κ3) is 3.32. The molecule has 0 aliphatic rings. The Morgan fingerprint density at radius 1 is 1.29 bits per heavy atom. The predicted octanol–water partition coefficient (Wildman–Crippen LogP) is -2.60. The monoisotopic (exact) mass is 208 g/mol. The zero-order valence-electron chi connectivity index (χ0n) is 8.08. The Hall–Kier alpha value is -0.530. The summed E-state index contributed by atoms with van der Waals surface area (Å²) in [4.78, 5) is 11.2. The van der Waals surface area contributed by atoms with E-state index in [1.54, 1.807) is 0 Å². The molecular formula is C8H16O6. The van der Waals surface area contributed by atoms with Gasteiger partial charge in [-0.3, -0.25) is 4.79 Å². The maximum absolute atomic E-state index is 11.2. The summed E-state index contributed by atoms with van der Waals surface area (Å²) in [6.07, 6.45) is -5.34. The highest BCUT2D eigenvalue weighted by molar-refractivity contribution is 5.90. The first-order valence-electron chi connectivity index (χ1n) is 4.13. The molecule has 0 unspecified atom stereocenters. The molecule has 0 fully saturated rings. The summed E-state index contributed by atoms with van der Waals surface area (Å²) >= 11 is 0. The van der Waals surface area contributed by atoms with Crippen molar-refractivity contribution in [3.63, 3.8) is 0 Å². The molecule has 0 saturated carbocycles. The molecule has 0 spiro atoms. The summed E-state index contributed by atoms with van der Waals surface area (Å²) < 4.78 is 0. The summed E-state index contributed by atoms with van der Waals surface area (Å²) in [6.45, 7) is 1.52. The molecule has 0 saturated heterocycles. The second-order valence-electron chi connectivity index (χ2n) is 3.61. The molecule has 0 rings (SSSR count). The fraction of sp³-hybridized carbons (Fsp3) is 0.875. The minimum absolute atomic E-state index is 0.780. The van der Waals surface area contributed by atoms with Crippen molar-refractivity contribution in [3.8, 4) is 0 Å². The van der Waals surface area contributed by atoms with Gasteiger partial charge < -0.3 is 25.5 Å². The van der Waals surface area contributed by atoms with Gasteiger partial charge in [0.05, 0.1) is 6.61 Å². The van der Waals surface area contributed by atoms with Crippen molar-refractivity contribution in [1.82, 2.24) is 0 Å². The Morgan fingerprint density at radius 3 is 2.00 bits per heavy atom. The lowest BCUT2D eigenvalue weighted by atomic mass is 9.94. The van der Waals surface area contributed by atoms with Crippen LogP contribution in [0.4, 0.5) is 0 Å². The van der Waals surface area contributed by atoms with Gasteiger partial charge >= 0.3 is 0 Å². The second kappa shape index (κ2) is 4.81. The number of carbonyl (C=O) groups excluding carboxylic acids is 1. The highest BCUT2D eigenvalue weighted by Gasteiger charge is 2.37. The Balaban J connectivity index is 4.47. The maximum atomic E-state index is 11.2. The zero-order chi connectivity index (χ0) is 11.5. The first-order chi connectivity index (χ1) is 6.21. The van der Waals surface area contributed by atoms with Crippen LogP contribution in [0, 0.1) is 0 Å². The van der Waals surface area contributed by atoms with Crippen molar-refractivity contribution >= 4 is 5.78 Å². The largest absolute Gasteiger partial charge is 0.394 e. The van der Waals surface area contributed by atoms with Crippen LogP contribution in [0.25, 0.3) is 0 Å². The SMILES string of the molecule is CC(C)(O)C(=O)[C@@H](O)[C@H](O)[C@H](O)CO. The van der Waals surface area contributed by atoms with Crippen molar-refractivity contribution in [3.05, 3.63) is 0 Å². The van der Waals surface area contributed by atoms with Gasteiger partial charge in [-0.1, -0.05) is 0 Å². The van der Waals surface area contributed by atoms with Crippen LogP contribution < -0.4 is 0 Å². The molecule has 5 N–H and O–H groups in total. The van der Waals surface area contributed by atoms with E-state index >= 15 is 0 Å². The van der Waals surface area contributed by atoms with E-state index in [0.29, 0.717) is 0 Å². The standard InChI is InChI=1S/C8H16O6/c1-8(2,14)7(13)6(12)5(11)4(10)3-9/h4-6,9-12,14H,3H2,1-2H3/t4-,5-,6+/m1/s1. The van der Waals surface area contributed by atoms with Gasteiger partial charge in [0.15, 0.2) is 5.78 Å². The molecule has 0 aliphatic carbocycles. The van der Waals surface area contributed by atoms with E-state index in [0.717, 1.165) is 13.8 Å². The summed E-state index contributed by atoms with van der Waals surface area (Å²) in [5.74, 6) is -1.02. The second-order valence-corrected chi connectivity index (χ2v) is 3.61. The number of ketones is 1. The number of hydrogen-bond donors (Lipinski definition) is 5. The van der Waals surface area contributed by atoms with E-state index in [9.17, 15) is 15.0 Å². The van der Waals surface area contributed by atoms with Crippen LogP contribution in [0.15, 0.2) is 0 Å². The highest BCUT2D eigenvalue weighted by atomic mass is 16.4. The average Bonchev–Trinajstić information content (AvgIpc) is 2.11. The van der Waals surface area contributed by atoms with Crippen LogP contribution in [-0.2, 0) is 4.79 Å². The first kappa shape index (κ1) is 13.5. The van der Waals surface area contributed by atoms with Crippen LogP contribution in [0.5, 0.6) is 0 Å². The van der Waals surface area contributed by atoms with E-state index in [-0.39, 0.29) is 0 Å². The van der Waals surface area contributed by atoms with Crippen LogP contribution in [0.3, 0.4) is 0 Å². The molecule has 0 bridgehead atoms. The smallest absolute Gasteiger partial charge is 0.194 e. The first-order valence-corrected chi connectivity index (χ1v) is 4.13. The molecule has 3 atom stereocenters. The molecule has 84 valence electrons. The summed E-state index contributed by atoms with van der Waals surface area (Å²) in [7, 11) is 0. The number of carbonyl (C=O) groups is 1. The molecule has 0 aromatic heterocycles. The van der Waals surface area contributed by atoms with Gasteiger partial charge in [0, 0.05) is 0 Å². The Morgan fingerprint density at radius 2 is 1.71 bits per heavy atom. The fourth-order valence-corrected chi connectivity index (χ4v) is 0.835. The van der Waals surface area contributed by atoms with Crippen LogP contribution in [0.1, 0.15) is 13.8 Å². The van der Waals surface area contributed by atoms with Crippen molar-refractivity contribution in [1.29, 1.82) is 0 Å². The minimum Gasteiger partial charge on any atom is -0.394 e. The van der Waals surface area contributed by atoms with Crippen LogP contribution in [-0.4, -0.2) is 61.8 Å². The molecular weight excluding hydrogens is 192 g/mol. The quantitative estimate of drug-likeness (QED) is 0.338. The average molecular weight is 208 g/mol. The van der Waals surface area contributed by atoms with Gasteiger partial charge in [-0.15, -0.1) is 0 Å². The van der Waals surface area contributed by atoms with Crippen molar-refractivity contribution in [2.75, 3.05) is 6.61 Å². The Labute approximate surface area is 81.4 Å². The molecule has 14 heavy (non-hydrogen) atoms. The summed E-state index contributed by atoms with van der Waals surface area (Å²) in [5.41, 5.74) is -1.80. The predicted molar refractivity (Wildman–Crippen MR) is 46.4 cm³/mol. The molecule has 0 aromatic rings. The lowest BCUT2D eigenvalue weighted by Gasteiger charge is -2.25. The molecule has 0 aromatic carbocycles. The number of rotatable bonds is 5.